The third kappa shape index (κ3) is 7.93. The van der Waals surface area contributed by atoms with Gasteiger partial charge in [0, 0.05) is 19.2 Å². The van der Waals surface area contributed by atoms with E-state index in [1.54, 1.807) is 0 Å². The van der Waals surface area contributed by atoms with Crippen molar-refractivity contribution in [2.75, 3.05) is 13.2 Å². The number of aliphatic hydroxyl groups is 1. The number of hydrogen-bond acceptors (Lipinski definition) is 15. The fraction of sp³-hybridized carbons (Fsp3) is 0.500. The lowest BCUT2D eigenvalue weighted by Gasteiger charge is -2.37. The van der Waals surface area contributed by atoms with Crippen LogP contribution in [0.3, 0.4) is 0 Å². The Balaban J connectivity index is 2.08. The van der Waals surface area contributed by atoms with Crippen molar-refractivity contribution in [2.24, 2.45) is 5.73 Å². The molecule has 1 aromatic rings. The van der Waals surface area contributed by atoms with Gasteiger partial charge in [-0.15, -0.1) is 0 Å². The molecule has 1 fully saturated rings. The predicted molar refractivity (Wildman–Crippen MR) is 94.9 cm³/mol. The van der Waals surface area contributed by atoms with E-state index in [4.69, 9.17) is 10.5 Å². The molecule has 32 heavy (non-hydrogen) atoms. The Morgan fingerprint density at radius 1 is 1.22 bits per heavy atom. The summed E-state index contributed by atoms with van der Waals surface area (Å²) in [5, 5.41) is 10.0. The fourth-order valence-corrected chi connectivity index (χ4v) is 5.38. The van der Waals surface area contributed by atoms with E-state index in [1.165, 1.54) is 12.2 Å². The van der Waals surface area contributed by atoms with E-state index in [9.17, 15) is 48.0 Å². The van der Waals surface area contributed by atoms with Gasteiger partial charge in [0.25, 0.3) is 21.2 Å². The first-order valence-corrected chi connectivity index (χ1v) is 12.8. The van der Waals surface area contributed by atoms with E-state index >= 15 is 0 Å². The van der Waals surface area contributed by atoms with Crippen molar-refractivity contribution >= 4 is 29.5 Å². The molecule has 1 aromatic heterocycles. The number of rotatable bonds is 10. The maximum absolute atomic E-state index is 12.1. The van der Waals surface area contributed by atoms with Crippen LogP contribution in [0, 0.1) is 0 Å². The first-order valence-electron chi connectivity index (χ1n) is 8.39. The van der Waals surface area contributed by atoms with Gasteiger partial charge in [0.1, 0.15) is 12.3 Å². The minimum atomic E-state index is -6.13. The number of nitrogens with two attached hydrogens (primary N) is 1. The first kappa shape index (κ1) is 27.0. The summed E-state index contributed by atoms with van der Waals surface area (Å²) in [7, 11) is -18.1. The van der Waals surface area contributed by atoms with Crippen LogP contribution < -0.4 is 36.6 Å². The highest BCUT2D eigenvalue weighted by molar-refractivity contribution is 7.64. The number of phosphoric ester groups is 1. The number of H-pyrrole nitrogens is 1. The van der Waals surface area contributed by atoms with Crippen LogP contribution in [0.25, 0.3) is 6.08 Å². The van der Waals surface area contributed by atoms with Gasteiger partial charge in [-0.05, 0) is 0 Å². The quantitative estimate of drug-likeness (QED) is 0.248. The monoisotopic (exact) mass is 519 g/mol. The van der Waals surface area contributed by atoms with Crippen molar-refractivity contribution < 1.29 is 56.3 Å². The standard InChI is InChI=1S/C12H20N3O14P3/c13-3-1-2-7-5-15(12(18)14-11(7)17)10-4-8(16)9(27-10)6-26-31(22,23)29-32(24,25)28-30(19,20)21/h1-2,5,8-10,16H,3-4,6,13H2,(H,22,23)(H,24,25)(H,14,17,18)(H2,19,20,21)/p-4/b2-1+. The van der Waals surface area contributed by atoms with Gasteiger partial charge >= 0.3 is 5.69 Å². The van der Waals surface area contributed by atoms with Crippen molar-refractivity contribution in [2.45, 2.75) is 24.9 Å². The average Bonchev–Trinajstić information content (AvgIpc) is 2.97. The summed E-state index contributed by atoms with van der Waals surface area (Å²) in [5.41, 5.74) is 3.71. The molecular formula is C12H16N3O14P3-4. The third-order valence-electron chi connectivity index (χ3n) is 3.74. The Morgan fingerprint density at radius 2 is 1.88 bits per heavy atom. The highest BCUT2D eigenvalue weighted by Gasteiger charge is 2.37. The lowest BCUT2D eigenvalue weighted by Crippen LogP contribution is -2.33. The van der Waals surface area contributed by atoms with Gasteiger partial charge in [0.05, 0.1) is 26.1 Å². The molecule has 1 aliphatic heterocycles. The van der Waals surface area contributed by atoms with Gasteiger partial charge in [-0.2, -0.15) is 0 Å². The van der Waals surface area contributed by atoms with E-state index in [0.29, 0.717) is 0 Å². The summed E-state index contributed by atoms with van der Waals surface area (Å²) in [6, 6.07) is 0. The van der Waals surface area contributed by atoms with E-state index < -0.39 is 59.8 Å². The largest absolute Gasteiger partial charge is 0.790 e. The van der Waals surface area contributed by atoms with Crippen molar-refractivity contribution in [3.8, 4) is 0 Å². The Labute approximate surface area is 178 Å². The molecule has 0 aliphatic carbocycles. The zero-order chi connectivity index (χ0) is 24.3. The predicted octanol–water partition coefficient (Wildman–Crippen LogP) is -4.03. The maximum atomic E-state index is 12.1. The van der Waals surface area contributed by atoms with Gasteiger partial charge in [-0.1, -0.05) is 12.2 Å². The minimum Gasteiger partial charge on any atom is -0.790 e. The van der Waals surface area contributed by atoms with Gasteiger partial charge in [0.2, 0.25) is 0 Å². The number of hydrogen-bond donors (Lipinski definition) is 3. The van der Waals surface area contributed by atoms with Crippen LogP contribution >= 0.6 is 23.5 Å². The number of aliphatic hydroxyl groups excluding tert-OH is 1. The van der Waals surface area contributed by atoms with Gasteiger partial charge in [-0.3, -0.25) is 27.8 Å². The summed E-state index contributed by atoms with van der Waals surface area (Å²) < 4.78 is 49.9. The molecule has 1 aliphatic rings. The lowest BCUT2D eigenvalue weighted by atomic mass is 10.2. The lowest BCUT2D eigenvalue weighted by molar-refractivity contribution is -0.339. The zero-order valence-electron chi connectivity index (χ0n) is 15.7. The summed E-state index contributed by atoms with van der Waals surface area (Å²) in [6.45, 7) is -0.917. The molecule has 20 heteroatoms. The van der Waals surface area contributed by atoms with Crippen LogP contribution in [0.5, 0.6) is 0 Å². The summed E-state index contributed by atoms with van der Waals surface area (Å²) in [4.78, 5) is 69.2. The summed E-state index contributed by atoms with van der Waals surface area (Å²) >= 11 is 0. The molecule has 1 saturated heterocycles. The molecule has 0 saturated carbocycles. The molecule has 0 bridgehead atoms. The molecular weight excluding hydrogens is 503 g/mol. The number of nitrogens with zero attached hydrogens (tertiary/aromatic N) is 1. The highest BCUT2D eigenvalue weighted by Crippen LogP contribution is 2.60. The van der Waals surface area contributed by atoms with Crippen molar-refractivity contribution in [3.63, 3.8) is 0 Å². The van der Waals surface area contributed by atoms with Gasteiger partial charge < -0.3 is 44.2 Å². The number of nitrogens with one attached hydrogen (secondary N) is 1. The molecule has 5 unspecified atom stereocenters. The first-order chi connectivity index (χ1) is 14.6. The Kier molecular flexibility index (Phi) is 8.70. The minimum absolute atomic E-state index is 0.0329. The molecule has 0 radical (unpaired) electrons. The second kappa shape index (κ2) is 10.3. The van der Waals surface area contributed by atoms with Crippen LogP contribution in [-0.2, 0) is 31.6 Å². The fourth-order valence-electron chi connectivity index (χ4n) is 2.51. The third-order valence-corrected chi connectivity index (χ3v) is 7.41. The summed E-state index contributed by atoms with van der Waals surface area (Å²) in [6.07, 6.45) is -0.403. The van der Waals surface area contributed by atoms with E-state index in [1.807, 2.05) is 4.98 Å². The smallest absolute Gasteiger partial charge is 0.330 e. The topological polar surface area (TPSA) is 281 Å². The van der Waals surface area contributed by atoms with Gasteiger partial charge in [0.15, 0.2) is 0 Å². The SMILES string of the molecule is NC/C=C/c1cn(C2CC(O)C(COP(=O)([O-])OP(=O)([O-])OP(=O)([O-])[O-])O2)c(=O)[nH]c1=O. The van der Waals surface area contributed by atoms with Crippen LogP contribution in [0.4, 0.5) is 0 Å². The summed E-state index contributed by atoms with van der Waals surface area (Å²) in [5.74, 6) is 0. The van der Waals surface area contributed by atoms with Gasteiger partial charge in [-0.25, -0.2) is 9.11 Å². The molecule has 2 rings (SSSR count). The van der Waals surface area contributed by atoms with Crippen LogP contribution in [0.1, 0.15) is 18.2 Å². The van der Waals surface area contributed by atoms with Crippen LogP contribution in [-0.4, -0.2) is 40.0 Å². The molecule has 0 amide bonds. The molecule has 17 nitrogen and oxygen atoms in total. The molecule has 0 spiro atoms. The van der Waals surface area contributed by atoms with Crippen molar-refractivity contribution in [1.29, 1.82) is 0 Å². The Bertz CT molecular complexity index is 1110. The normalized spacial score (nSPS) is 25.6. The van der Waals surface area contributed by atoms with E-state index in [2.05, 4.69) is 13.1 Å². The molecule has 5 atom stereocenters. The molecule has 182 valence electrons. The molecule has 4 N–H and O–H groups in total. The van der Waals surface area contributed by atoms with Crippen LogP contribution in [0.15, 0.2) is 21.9 Å². The number of aromatic amines is 1. The second-order valence-electron chi connectivity index (χ2n) is 6.12. The second-order valence-corrected chi connectivity index (χ2v) is 10.4. The number of ether oxygens (including phenoxy) is 1. The van der Waals surface area contributed by atoms with Crippen molar-refractivity contribution in [1.82, 2.24) is 9.55 Å². The number of aromatic nitrogens is 2. The van der Waals surface area contributed by atoms with E-state index in [0.717, 1.165) is 10.8 Å². The zero-order valence-corrected chi connectivity index (χ0v) is 18.4. The average molecular weight is 519 g/mol. The molecule has 2 heterocycles. The Morgan fingerprint density at radius 3 is 2.47 bits per heavy atom. The van der Waals surface area contributed by atoms with Crippen molar-refractivity contribution in [3.05, 3.63) is 38.7 Å². The number of phosphoric acid groups is 3. The highest BCUT2D eigenvalue weighted by atomic mass is 31.3. The maximum Gasteiger partial charge on any atom is 0.330 e. The van der Waals surface area contributed by atoms with E-state index in [-0.39, 0.29) is 18.5 Å². The van der Waals surface area contributed by atoms with Crippen LogP contribution in [0.2, 0.25) is 0 Å². The Hall–Kier alpha value is -1.29. The molecule has 0 aromatic carbocycles.